The summed E-state index contributed by atoms with van der Waals surface area (Å²) in [5.74, 6) is 1.26. The Balaban J connectivity index is 1.66. The van der Waals surface area contributed by atoms with Gasteiger partial charge in [0, 0.05) is 17.5 Å². The van der Waals surface area contributed by atoms with Gasteiger partial charge in [-0.3, -0.25) is 4.90 Å². The second kappa shape index (κ2) is 5.17. The lowest BCUT2D eigenvalue weighted by atomic mass is 10.1. The van der Waals surface area contributed by atoms with Crippen molar-refractivity contribution in [1.82, 2.24) is 15.0 Å². The van der Waals surface area contributed by atoms with E-state index in [0.29, 0.717) is 24.8 Å². The first-order chi connectivity index (χ1) is 8.81. The van der Waals surface area contributed by atoms with Crippen LogP contribution >= 0.6 is 11.3 Å². The van der Waals surface area contributed by atoms with E-state index >= 15 is 0 Å². The fraction of sp³-hybridized carbons (Fsp3) is 0.500. The molecule has 1 atom stereocenters. The van der Waals surface area contributed by atoms with Crippen LogP contribution in [0.4, 0.5) is 0 Å². The molecule has 0 saturated carbocycles. The van der Waals surface area contributed by atoms with Crippen LogP contribution in [-0.2, 0) is 6.54 Å². The first kappa shape index (κ1) is 11.8. The normalized spacial score (nSPS) is 21.3. The molecule has 0 radical (unpaired) electrons. The molecule has 6 heteroatoms. The molecule has 2 aromatic heterocycles. The van der Waals surface area contributed by atoms with Crippen molar-refractivity contribution in [1.29, 1.82) is 0 Å². The molecule has 0 unspecified atom stereocenters. The minimum absolute atomic E-state index is 0.224. The highest BCUT2D eigenvalue weighted by molar-refractivity contribution is 7.08. The molecule has 5 nitrogen and oxygen atoms in total. The maximum absolute atomic E-state index is 9.61. The van der Waals surface area contributed by atoms with Crippen LogP contribution in [0.25, 0.3) is 11.4 Å². The van der Waals surface area contributed by atoms with Crippen LogP contribution in [0.5, 0.6) is 0 Å². The number of thiophene rings is 1. The van der Waals surface area contributed by atoms with E-state index in [1.807, 2.05) is 16.8 Å². The van der Waals surface area contributed by atoms with Crippen molar-refractivity contribution < 1.29 is 9.63 Å². The summed E-state index contributed by atoms with van der Waals surface area (Å²) in [5.41, 5.74) is 0.994. The van der Waals surface area contributed by atoms with Crippen LogP contribution in [0, 0.1) is 0 Å². The molecule has 0 aliphatic carbocycles. The third-order valence-corrected chi connectivity index (χ3v) is 3.77. The lowest BCUT2D eigenvalue weighted by molar-refractivity contribution is 0.0613. The topological polar surface area (TPSA) is 62.4 Å². The molecule has 0 spiro atoms. The second-order valence-corrected chi connectivity index (χ2v) is 5.33. The molecule has 96 valence electrons. The highest BCUT2D eigenvalue weighted by Gasteiger charge is 2.20. The number of rotatable bonds is 3. The summed E-state index contributed by atoms with van der Waals surface area (Å²) in [7, 11) is 0. The fourth-order valence-electron chi connectivity index (χ4n) is 2.19. The fourth-order valence-corrected chi connectivity index (χ4v) is 2.83. The molecule has 1 saturated heterocycles. The van der Waals surface area contributed by atoms with E-state index in [1.54, 1.807) is 11.3 Å². The molecule has 18 heavy (non-hydrogen) atoms. The minimum atomic E-state index is -0.224. The van der Waals surface area contributed by atoms with Gasteiger partial charge in [-0.15, -0.1) is 0 Å². The smallest absolute Gasteiger partial charge is 0.241 e. The third-order valence-electron chi connectivity index (χ3n) is 3.09. The number of aromatic nitrogens is 2. The van der Waals surface area contributed by atoms with E-state index in [9.17, 15) is 5.11 Å². The predicted molar refractivity (Wildman–Crippen MR) is 68.1 cm³/mol. The first-order valence-corrected chi connectivity index (χ1v) is 7.01. The molecule has 0 bridgehead atoms. The van der Waals surface area contributed by atoms with Gasteiger partial charge in [0.05, 0.1) is 12.6 Å². The van der Waals surface area contributed by atoms with Crippen LogP contribution in [0.3, 0.4) is 0 Å². The number of piperidine rings is 1. The summed E-state index contributed by atoms with van der Waals surface area (Å²) < 4.78 is 5.25. The van der Waals surface area contributed by atoms with Crippen molar-refractivity contribution in [3.05, 3.63) is 22.7 Å². The van der Waals surface area contributed by atoms with Gasteiger partial charge in [-0.2, -0.15) is 16.3 Å². The Morgan fingerprint density at radius 3 is 3.28 bits per heavy atom. The Labute approximate surface area is 109 Å². The van der Waals surface area contributed by atoms with E-state index < -0.39 is 0 Å². The van der Waals surface area contributed by atoms with Crippen molar-refractivity contribution in [2.75, 3.05) is 13.1 Å². The van der Waals surface area contributed by atoms with Gasteiger partial charge in [0.25, 0.3) is 0 Å². The molecule has 3 rings (SSSR count). The largest absolute Gasteiger partial charge is 0.392 e. The summed E-state index contributed by atoms with van der Waals surface area (Å²) in [4.78, 5) is 6.53. The van der Waals surface area contributed by atoms with Gasteiger partial charge in [0.15, 0.2) is 0 Å². The lowest BCUT2D eigenvalue weighted by Crippen LogP contribution is -2.37. The van der Waals surface area contributed by atoms with Crippen LogP contribution in [-0.4, -0.2) is 39.3 Å². The quantitative estimate of drug-likeness (QED) is 0.916. The van der Waals surface area contributed by atoms with Gasteiger partial charge >= 0.3 is 0 Å². The number of aliphatic hydroxyl groups is 1. The molecule has 1 fully saturated rings. The number of aliphatic hydroxyl groups excluding tert-OH is 1. The van der Waals surface area contributed by atoms with Crippen LogP contribution in [0.1, 0.15) is 18.7 Å². The zero-order chi connectivity index (χ0) is 12.4. The summed E-state index contributed by atoms with van der Waals surface area (Å²) in [6.07, 6.45) is 1.69. The second-order valence-electron chi connectivity index (χ2n) is 4.55. The molecule has 3 heterocycles. The zero-order valence-electron chi connectivity index (χ0n) is 9.95. The van der Waals surface area contributed by atoms with Crippen LogP contribution in [0.15, 0.2) is 21.3 Å². The van der Waals surface area contributed by atoms with E-state index in [-0.39, 0.29) is 6.10 Å². The van der Waals surface area contributed by atoms with Gasteiger partial charge in [0.1, 0.15) is 0 Å². The molecular formula is C12H15N3O2S. The highest BCUT2D eigenvalue weighted by Crippen LogP contribution is 2.19. The molecule has 1 aliphatic heterocycles. The number of hydrogen-bond acceptors (Lipinski definition) is 6. The van der Waals surface area contributed by atoms with Gasteiger partial charge in [0.2, 0.25) is 11.7 Å². The molecule has 0 amide bonds. The number of hydrogen-bond donors (Lipinski definition) is 1. The Kier molecular flexibility index (Phi) is 3.40. The van der Waals surface area contributed by atoms with Crippen molar-refractivity contribution in [2.45, 2.75) is 25.5 Å². The van der Waals surface area contributed by atoms with E-state index in [4.69, 9.17) is 4.52 Å². The van der Waals surface area contributed by atoms with Gasteiger partial charge in [-0.1, -0.05) is 5.16 Å². The number of β-amino-alcohol motifs (C(OH)–C–C–N with tert-alkyl or cyclic N) is 1. The molecule has 0 aromatic carbocycles. The maximum Gasteiger partial charge on any atom is 0.241 e. The Morgan fingerprint density at radius 2 is 2.50 bits per heavy atom. The van der Waals surface area contributed by atoms with Crippen molar-refractivity contribution >= 4 is 11.3 Å². The molecule has 1 aliphatic rings. The van der Waals surface area contributed by atoms with E-state index in [2.05, 4.69) is 15.0 Å². The maximum atomic E-state index is 9.61. The standard InChI is InChI=1S/C12H15N3O2S/c16-10-2-1-4-15(6-10)7-11-13-12(14-17-11)9-3-5-18-8-9/h3,5,8,10,16H,1-2,4,6-7H2/t10-/m0/s1. The van der Waals surface area contributed by atoms with Crippen LogP contribution < -0.4 is 0 Å². The van der Waals surface area contributed by atoms with Crippen molar-refractivity contribution in [2.24, 2.45) is 0 Å². The van der Waals surface area contributed by atoms with Crippen LogP contribution in [0.2, 0.25) is 0 Å². The average molecular weight is 265 g/mol. The average Bonchev–Trinajstić information content (AvgIpc) is 2.98. The first-order valence-electron chi connectivity index (χ1n) is 6.07. The monoisotopic (exact) mass is 265 g/mol. The predicted octanol–water partition coefficient (Wildman–Crippen LogP) is 1.75. The van der Waals surface area contributed by atoms with Gasteiger partial charge in [-0.05, 0) is 30.8 Å². The molecule has 1 N–H and O–H groups in total. The van der Waals surface area contributed by atoms with E-state index in [1.165, 1.54) is 0 Å². The van der Waals surface area contributed by atoms with Crippen molar-refractivity contribution in [3.8, 4) is 11.4 Å². The molecule has 2 aromatic rings. The van der Waals surface area contributed by atoms with Gasteiger partial charge < -0.3 is 9.63 Å². The van der Waals surface area contributed by atoms with E-state index in [0.717, 1.165) is 24.9 Å². The third kappa shape index (κ3) is 2.60. The number of nitrogens with zero attached hydrogens (tertiary/aromatic N) is 3. The highest BCUT2D eigenvalue weighted by atomic mass is 32.1. The zero-order valence-corrected chi connectivity index (χ0v) is 10.8. The Morgan fingerprint density at radius 1 is 1.56 bits per heavy atom. The summed E-state index contributed by atoms with van der Waals surface area (Å²) in [6.45, 7) is 2.29. The Bertz CT molecular complexity index is 497. The summed E-state index contributed by atoms with van der Waals surface area (Å²) >= 11 is 1.61. The molecular weight excluding hydrogens is 250 g/mol. The Hall–Kier alpha value is -1.24. The SMILES string of the molecule is O[C@H]1CCCN(Cc2nc(-c3ccsc3)no2)C1. The summed E-state index contributed by atoms with van der Waals surface area (Å²) in [6, 6.07) is 1.98. The summed E-state index contributed by atoms with van der Waals surface area (Å²) in [5, 5.41) is 17.6. The van der Waals surface area contributed by atoms with Crippen molar-refractivity contribution in [3.63, 3.8) is 0 Å². The van der Waals surface area contributed by atoms with Gasteiger partial charge in [-0.25, -0.2) is 0 Å². The minimum Gasteiger partial charge on any atom is -0.392 e. The lowest BCUT2D eigenvalue weighted by Gasteiger charge is -2.28. The number of likely N-dealkylation sites (tertiary alicyclic amines) is 1.